The molecule has 19 heavy (non-hydrogen) atoms. The lowest BCUT2D eigenvalue weighted by molar-refractivity contribution is -0.146. The molecule has 106 valence electrons. The molecule has 4 nitrogen and oxygen atoms in total. The van der Waals surface area contributed by atoms with Gasteiger partial charge in [0.15, 0.2) is 17.3 Å². The van der Waals surface area contributed by atoms with Crippen molar-refractivity contribution in [3.05, 3.63) is 21.9 Å². The summed E-state index contributed by atoms with van der Waals surface area (Å²) in [4.78, 5) is 11.1. The van der Waals surface area contributed by atoms with Gasteiger partial charge in [0, 0.05) is 10.0 Å². The summed E-state index contributed by atoms with van der Waals surface area (Å²) in [5, 5.41) is 9.12. The average molecular weight is 335 g/mol. The van der Waals surface area contributed by atoms with Crippen molar-refractivity contribution in [2.24, 2.45) is 5.41 Å². The van der Waals surface area contributed by atoms with Crippen molar-refractivity contribution in [2.45, 2.75) is 20.3 Å². The number of hydrogen-bond donors (Lipinski definition) is 1. The van der Waals surface area contributed by atoms with Crippen LogP contribution in [-0.4, -0.2) is 25.3 Å². The fourth-order valence-electron chi connectivity index (χ4n) is 1.64. The second-order valence-corrected chi connectivity index (χ2v) is 5.61. The molecule has 0 aliphatic rings. The zero-order chi connectivity index (χ0) is 14.8. The molecule has 0 bridgehead atoms. The number of carbonyl (C=O) groups is 1. The largest absolute Gasteiger partial charge is 0.493 e. The number of aliphatic carboxylic acids is 1. The van der Waals surface area contributed by atoms with E-state index in [1.165, 1.54) is 28.1 Å². The molecule has 1 aromatic rings. The quantitative estimate of drug-likeness (QED) is 0.897. The van der Waals surface area contributed by atoms with Gasteiger partial charge in [-0.05, 0) is 26.3 Å². The fraction of sp³-hybridized carbons (Fsp3) is 0.462. The van der Waals surface area contributed by atoms with E-state index in [4.69, 9.17) is 14.6 Å². The number of methoxy groups -OCH3 is 2. The Bertz CT molecular complexity index is 500. The summed E-state index contributed by atoms with van der Waals surface area (Å²) < 4.78 is 24.8. The van der Waals surface area contributed by atoms with E-state index in [2.05, 4.69) is 15.9 Å². The molecule has 0 unspecified atom stereocenters. The third-order valence-electron chi connectivity index (χ3n) is 2.86. The lowest BCUT2D eigenvalue weighted by Gasteiger charge is -2.21. The van der Waals surface area contributed by atoms with Crippen molar-refractivity contribution in [3.8, 4) is 11.5 Å². The van der Waals surface area contributed by atoms with Gasteiger partial charge in [0.1, 0.15) is 0 Å². The molecule has 1 aromatic carbocycles. The average Bonchev–Trinajstić information content (AvgIpc) is 2.33. The lowest BCUT2D eigenvalue weighted by atomic mass is 9.85. The van der Waals surface area contributed by atoms with Gasteiger partial charge in [-0.2, -0.15) is 0 Å². The van der Waals surface area contributed by atoms with Gasteiger partial charge in [0.2, 0.25) is 0 Å². The molecular weight excluding hydrogens is 319 g/mol. The minimum absolute atomic E-state index is 0.0260. The SMILES string of the molecule is COc1cc(Br)c(CC(C)(C)C(=O)O)c(F)c1OC. The van der Waals surface area contributed by atoms with Crippen LogP contribution in [0.15, 0.2) is 10.5 Å². The predicted molar refractivity (Wildman–Crippen MR) is 72.3 cm³/mol. The van der Waals surface area contributed by atoms with Gasteiger partial charge < -0.3 is 14.6 Å². The summed E-state index contributed by atoms with van der Waals surface area (Å²) in [6.45, 7) is 3.08. The molecule has 6 heteroatoms. The van der Waals surface area contributed by atoms with Crippen molar-refractivity contribution < 1.29 is 23.8 Å². The van der Waals surface area contributed by atoms with E-state index in [1.807, 2.05) is 0 Å². The number of halogens is 2. The Morgan fingerprint density at radius 3 is 2.42 bits per heavy atom. The zero-order valence-electron chi connectivity index (χ0n) is 11.2. The molecule has 0 saturated carbocycles. The smallest absolute Gasteiger partial charge is 0.309 e. The summed E-state index contributed by atoms with van der Waals surface area (Å²) in [6, 6.07) is 1.56. The van der Waals surface area contributed by atoms with Crippen molar-refractivity contribution in [1.82, 2.24) is 0 Å². The van der Waals surface area contributed by atoms with Crippen LogP contribution < -0.4 is 9.47 Å². The molecule has 0 amide bonds. The zero-order valence-corrected chi connectivity index (χ0v) is 12.8. The summed E-state index contributed by atoms with van der Waals surface area (Å²) in [7, 11) is 2.74. The first kappa shape index (κ1) is 15.8. The number of benzene rings is 1. The third-order valence-corrected chi connectivity index (χ3v) is 3.56. The standard InChI is InChI=1S/C13H16BrFO4/c1-13(2,12(16)17)6-7-8(14)5-9(18-3)11(19-4)10(7)15/h5H,6H2,1-4H3,(H,16,17). The second kappa shape index (κ2) is 5.77. The minimum Gasteiger partial charge on any atom is -0.493 e. The molecule has 0 aromatic heterocycles. The van der Waals surface area contributed by atoms with Crippen LogP contribution in [0, 0.1) is 11.2 Å². The highest BCUT2D eigenvalue weighted by Gasteiger charge is 2.31. The van der Waals surface area contributed by atoms with E-state index in [-0.39, 0.29) is 23.5 Å². The van der Waals surface area contributed by atoms with Crippen LogP contribution in [0.4, 0.5) is 4.39 Å². The highest BCUT2D eigenvalue weighted by Crippen LogP contribution is 2.39. The van der Waals surface area contributed by atoms with Crippen molar-refractivity contribution in [1.29, 1.82) is 0 Å². The van der Waals surface area contributed by atoms with Crippen LogP contribution in [0.5, 0.6) is 11.5 Å². The Morgan fingerprint density at radius 2 is 2.00 bits per heavy atom. The van der Waals surface area contributed by atoms with Crippen LogP contribution >= 0.6 is 15.9 Å². The number of rotatable bonds is 5. The normalized spacial score (nSPS) is 11.3. The summed E-state index contributed by atoms with van der Waals surface area (Å²) >= 11 is 3.24. The van der Waals surface area contributed by atoms with Gasteiger partial charge in [-0.25, -0.2) is 4.39 Å². The number of carboxylic acids is 1. The van der Waals surface area contributed by atoms with Crippen LogP contribution in [-0.2, 0) is 11.2 Å². The Labute approximate surface area is 119 Å². The first-order valence-electron chi connectivity index (χ1n) is 5.56. The lowest BCUT2D eigenvalue weighted by Crippen LogP contribution is -2.27. The maximum absolute atomic E-state index is 14.3. The van der Waals surface area contributed by atoms with Crippen molar-refractivity contribution in [3.63, 3.8) is 0 Å². The first-order chi connectivity index (χ1) is 8.74. The number of ether oxygens (including phenoxy) is 2. The minimum atomic E-state index is -1.08. The van der Waals surface area contributed by atoms with E-state index >= 15 is 0 Å². The Balaban J connectivity index is 3.33. The Kier molecular flexibility index (Phi) is 4.79. The molecule has 1 rings (SSSR count). The predicted octanol–water partition coefficient (Wildman–Crippen LogP) is 3.26. The summed E-state index contributed by atoms with van der Waals surface area (Å²) in [6.07, 6.45) is 0.0368. The molecule has 0 radical (unpaired) electrons. The van der Waals surface area contributed by atoms with Gasteiger partial charge in [-0.3, -0.25) is 4.79 Å². The maximum atomic E-state index is 14.3. The molecule has 0 spiro atoms. The van der Waals surface area contributed by atoms with Crippen LogP contribution in [0.25, 0.3) is 0 Å². The van der Waals surface area contributed by atoms with Gasteiger partial charge in [0.05, 0.1) is 19.6 Å². The molecule has 1 N–H and O–H groups in total. The number of carboxylic acid groups (broad SMARTS) is 1. The van der Waals surface area contributed by atoms with Crippen molar-refractivity contribution in [2.75, 3.05) is 14.2 Å². The fourth-order valence-corrected chi connectivity index (χ4v) is 2.16. The first-order valence-corrected chi connectivity index (χ1v) is 6.36. The maximum Gasteiger partial charge on any atom is 0.309 e. The second-order valence-electron chi connectivity index (χ2n) is 4.75. The van der Waals surface area contributed by atoms with Gasteiger partial charge >= 0.3 is 5.97 Å². The molecule has 0 atom stereocenters. The van der Waals surface area contributed by atoms with Gasteiger partial charge in [0.25, 0.3) is 0 Å². The van der Waals surface area contributed by atoms with Crippen molar-refractivity contribution >= 4 is 21.9 Å². The molecular formula is C13H16BrFO4. The monoisotopic (exact) mass is 334 g/mol. The van der Waals surface area contributed by atoms with E-state index in [1.54, 1.807) is 6.07 Å². The van der Waals surface area contributed by atoms with E-state index in [0.29, 0.717) is 4.47 Å². The number of hydrogen-bond acceptors (Lipinski definition) is 3. The molecule has 0 saturated heterocycles. The van der Waals surface area contributed by atoms with E-state index < -0.39 is 17.2 Å². The van der Waals surface area contributed by atoms with Gasteiger partial charge in [-0.1, -0.05) is 15.9 Å². The van der Waals surface area contributed by atoms with E-state index in [9.17, 15) is 9.18 Å². The summed E-state index contributed by atoms with van der Waals surface area (Å²) in [5.74, 6) is -1.37. The third kappa shape index (κ3) is 3.18. The Hall–Kier alpha value is -1.30. The van der Waals surface area contributed by atoms with Crippen LogP contribution in [0.3, 0.4) is 0 Å². The van der Waals surface area contributed by atoms with E-state index in [0.717, 1.165) is 0 Å². The highest BCUT2D eigenvalue weighted by atomic mass is 79.9. The van der Waals surface area contributed by atoms with Gasteiger partial charge in [-0.15, -0.1) is 0 Å². The molecule has 0 aliphatic heterocycles. The summed E-state index contributed by atoms with van der Waals surface area (Å²) in [5.41, 5.74) is -0.826. The molecule has 0 aliphatic carbocycles. The molecule has 0 heterocycles. The van der Waals surface area contributed by atoms with Crippen LogP contribution in [0.2, 0.25) is 0 Å². The highest BCUT2D eigenvalue weighted by molar-refractivity contribution is 9.10. The topological polar surface area (TPSA) is 55.8 Å². The molecule has 0 fully saturated rings. The van der Waals surface area contributed by atoms with Crippen LogP contribution in [0.1, 0.15) is 19.4 Å². The Morgan fingerprint density at radius 1 is 1.42 bits per heavy atom.